The number of nitrogens with two attached hydrogens (primary N) is 1. The van der Waals surface area contributed by atoms with E-state index in [1.807, 2.05) is 0 Å². The third-order valence-corrected chi connectivity index (χ3v) is 7.44. The van der Waals surface area contributed by atoms with Crippen molar-refractivity contribution in [1.82, 2.24) is 0 Å². The molecule has 12 heteroatoms. The molecule has 0 spiro atoms. The van der Waals surface area contributed by atoms with Crippen LogP contribution in [-0.4, -0.2) is 59.3 Å². The van der Waals surface area contributed by atoms with E-state index in [-0.39, 0.29) is 23.6 Å². The largest absolute Gasteiger partial charge is 0.463 e. The summed E-state index contributed by atoms with van der Waals surface area (Å²) in [7, 11) is -3.95. The van der Waals surface area contributed by atoms with Gasteiger partial charge in [0, 0.05) is 6.07 Å². The Hall–Kier alpha value is -2.82. The van der Waals surface area contributed by atoms with Crippen molar-refractivity contribution in [1.29, 1.82) is 0 Å². The van der Waals surface area contributed by atoms with Crippen LogP contribution in [-0.2, 0) is 23.4 Å². The summed E-state index contributed by atoms with van der Waals surface area (Å²) in [5.41, 5.74) is 5.50. The number of para-hydroxylation sites is 1. The van der Waals surface area contributed by atoms with Gasteiger partial charge in [0.25, 0.3) is 12.1 Å². The summed E-state index contributed by atoms with van der Waals surface area (Å²) in [5.74, 6) is -1.75. The lowest BCUT2D eigenvalue weighted by molar-refractivity contribution is -0.765. The molecule has 11 nitrogen and oxygen atoms in total. The number of esters is 1. The highest BCUT2D eigenvalue weighted by molar-refractivity contribution is 7.54. The fraction of sp³-hybridized carbons (Fsp3) is 0.458. The van der Waals surface area contributed by atoms with Crippen molar-refractivity contribution in [2.45, 2.75) is 51.4 Å². The normalized spacial score (nSPS) is 24.2. The highest BCUT2D eigenvalue weighted by Crippen LogP contribution is 2.50. The number of hydrogen-bond acceptors (Lipinski definition) is 9. The van der Waals surface area contributed by atoms with Crippen molar-refractivity contribution < 1.29 is 47.5 Å². The number of aliphatic hydroxyl groups excluding tert-OH is 2. The quantitative estimate of drug-likeness (QED) is 0.226. The molecular formula is C24H32N2O9P+. The fourth-order valence-electron chi connectivity index (χ4n) is 3.61. The number of primary amides is 1. The Kier molecular flexibility index (Phi) is 9.21. The van der Waals surface area contributed by atoms with Gasteiger partial charge in [-0.1, -0.05) is 25.1 Å². The molecule has 0 saturated carbocycles. The second-order valence-electron chi connectivity index (χ2n) is 8.83. The molecule has 1 aromatic heterocycles. The van der Waals surface area contributed by atoms with Gasteiger partial charge in [-0.25, -0.2) is 4.57 Å². The van der Waals surface area contributed by atoms with Gasteiger partial charge in [0.2, 0.25) is 0 Å². The molecule has 36 heavy (non-hydrogen) atoms. The number of carbonyl (C=O) groups excluding carboxylic acids is 2. The van der Waals surface area contributed by atoms with Crippen molar-refractivity contribution in [3.63, 3.8) is 0 Å². The van der Waals surface area contributed by atoms with Gasteiger partial charge in [0.05, 0.1) is 24.8 Å². The van der Waals surface area contributed by atoms with E-state index in [0.29, 0.717) is 0 Å². The zero-order chi connectivity index (χ0) is 26.5. The Labute approximate surface area is 209 Å². The first-order chi connectivity index (χ1) is 17.0. The van der Waals surface area contributed by atoms with Crippen LogP contribution in [0, 0.1) is 5.92 Å². The molecule has 0 aliphatic carbocycles. The Balaban J connectivity index is 1.74. The van der Waals surface area contributed by atoms with E-state index in [9.17, 15) is 24.4 Å². The first-order valence-electron chi connectivity index (χ1n) is 11.5. The molecule has 2 unspecified atom stereocenters. The van der Waals surface area contributed by atoms with Gasteiger partial charge in [-0.2, -0.15) is 4.57 Å². The number of pyridine rings is 1. The number of carbonyl (C=O) groups is 2. The third-order valence-electron chi connectivity index (χ3n) is 5.41. The molecule has 1 amide bonds. The first kappa shape index (κ1) is 27.8. The van der Waals surface area contributed by atoms with Gasteiger partial charge >= 0.3 is 13.6 Å². The maximum Gasteiger partial charge on any atom is 0.380 e. The van der Waals surface area contributed by atoms with Crippen LogP contribution in [0.5, 0.6) is 5.75 Å². The van der Waals surface area contributed by atoms with E-state index in [2.05, 4.69) is 0 Å². The van der Waals surface area contributed by atoms with Crippen LogP contribution in [0.4, 0.5) is 0 Å². The van der Waals surface area contributed by atoms with Crippen molar-refractivity contribution in [2.24, 2.45) is 11.7 Å². The van der Waals surface area contributed by atoms with Gasteiger partial charge in [-0.15, -0.1) is 0 Å². The molecule has 1 aliphatic heterocycles. The molecule has 2 heterocycles. The summed E-state index contributed by atoms with van der Waals surface area (Å²) in [6.45, 7) is 4.57. The molecule has 1 fully saturated rings. The number of rotatable bonds is 11. The predicted octanol–water partition coefficient (Wildman–Crippen LogP) is 1.57. The number of ether oxygens (including phenoxy) is 2. The molecule has 6 atom stereocenters. The van der Waals surface area contributed by atoms with Crippen LogP contribution in [0.3, 0.4) is 0 Å². The molecule has 0 radical (unpaired) electrons. The smallest absolute Gasteiger partial charge is 0.380 e. The summed E-state index contributed by atoms with van der Waals surface area (Å²) in [4.78, 5) is 23.8. The molecule has 3 rings (SSSR count). The highest BCUT2D eigenvalue weighted by Gasteiger charge is 2.49. The van der Waals surface area contributed by atoms with Crippen LogP contribution in [0.25, 0.3) is 0 Å². The van der Waals surface area contributed by atoms with Crippen LogP contribution < -0.4 is 14.8 Å². The average molecular weight is 523 g/mol. The highest BCUT2D eigenvalue weighted by atomic mass is 31.2. The van der Waals surface area contributed by atoms with Crippen LogP contribution >= 0.6 is 7.60 Å². The standard InChI is InChI=1S/C24H31N2O9P/c1-15(2)33-24(30)16(3)14-36(31,35-18-9-5-4-6-10-18)32-13-19-20(27)21(28)23(34-19)26-11-7-8-17(12-26)22(25)29/h4-12,15-16,19-21,23,27-28H,13-14H2,1-3H3,(H-,25,29)/p+1/t16-,19-,20+,21?,23-,36?/m1/s1. The van der Waals surface area contributed by atoms with Crippen LogP contribution in [0.15, 0.2) is 54.9 Å². The topological polar surface area (TPSA) is 158 Å². The minimum atomic E-state index is -3.95. The molecular weight excluding hydrogens is 491 g/mol. The van der Waals surface area contributed by atoms with E-state index in [1.54, 1.807) is 63.4 Å². The lowest BCUT2D eigenvalue weighted by Crippen LogP contribution is -2.46. The summed E-state index contributed by atoms with van der Waals surface area (Å²) in [6.07, 6.45) is -2.60. The number of amides is 1. The number of aromatic nitrogens is 1. The van der Waals surface area contributed by atoms with Crippen LogP contribution in [0.1, 0.15) is 37.4 Å². The average Bonchev–Trinajstić information content (AvgIpc) is 3.11. The molecule has 1 aliphatic rings. The molecule has 196 valence electrons. The Morgan fingerprint density at radius 3 is 2.44 bits per heavy atom. The number of nitrogens with zero attached hydrogens (tertiary/aromatic N) is 1. The second kappa shape index (κ2) is 11.9. The van der Waals surface area contributed by atoms with E-state index in [1.165, 1.54) is 16.8 Å². The minimum absolute atomic E-state index is 0.186. The molecule has 4 N–H and O–H groups in total. The number of hydrogen-bond donors (Lipinski definition) is 3. The van der Waals surface area contributed by atoms with E-state index in [4.69, 9.17) is 24.3 Å². The fourth-order valence-corrected chi connectivity index (χ4v) is 5.48. The molecule has 1 aromatic carbocycles. The van der Waals surface area contributed by atoms with Gasteiger partial charge in [0.1, 0.15) is 23.5 Å². The summed E-state index contributed by atoms with van der Waals surface area (Å²) < 4.78 is 37.4. The van der Waals surface area contributed by atoms with Crippen molar-refractivity contribution >= 4 is 19.5 Å². The van der Waals surface area contributed by atoms with Crippen molar-refractivity contribution in [2.75, 3.05) is 12.8 Å². The zero-order valence-corrected chi connectivity index (χ0v) is 21.2. The summed E-state index contributed by atoms with van der Waals surface area (Å²) in [6, 6.07) is 11.4. The van der Waals surface area contributed by atoms with E-state index in [0.717, 1.165) is 0 Å². The van der Waals surface area contributed by atoms with Gasteiger partial charge < -0.3 is 29.9 Å². The predicted molar refractivity (Wildman–Crippen MR) is 127 cm³/mol. The Morgan fingerprint density at radius 2 is 1.81 bits per heavy atom. The maximum absolute atomic E-state index is 13.7. The van der Waals surface area contributed by atoms with Gasteiger partial charge in [0.15, 0.2) is 18.5 Å². The minimum Gasteiger partial charge on any atom is -0.463 e. The van der Waals surface area contributed by atoms with E-state index >= 15 is 0 Å². The number of benzene rings is 1. The summed E-state index contributed by atoms with van der Waals surface area (Å²) in [5, 5.41) is 21.1. The molecule has 1 saturated heterocycles. The Bertz CT molecular complexity index is 1100. The van der Waals surface area contributed by atoms with Crippen molar-refractivity contribution in [3.8, 4) is 5.75 Å². The monoisotopic (exact) mass is 523 g/mol. The lowest BCUT2D eigenvalue weighted by atomic mass is 10.1. The van der Waals surface area contributed by atoms with Gasteiger partial charge in [-0.3, -0.25) is 14.1 Å². The van der Waals surface area contributed by atoms with Crippen molar-refractivity contribution in [3.05, 3.63) is 60.4 Å². The second-order valence-corrected chi connectivity index (χ2v) is 10.9. The molecule has 0 bridgehead atoms. The maximum atomic E-state index is 13.7. The lowest BCUT2D eigenvalue weighted by Gasteiger charge is -2.24. The van der Waals surface area contributed by atoms with Gasteiger partial charge in [-0.05, 0) is 32.0 Å². The van der Waals surface area contributed by atoms with E-state index < -0.39 is 56.5 Å². The third kappa shape index (κ3) is 7.11. The Morgan fingerprint density at radius 1 is 1.11 bits per heavy atom. The zero-order valence-electron chi connectivity index (χ0n) is 20.3. The molecule has 2 aromatic rings. The number of aliphatic hydroxyl groups is 2. The summed E-state index contributed by atoms with van der Waals surface area (Å²) >= 11 is 0. The SMILES string of the molecule is CC(C)OC(=O)[C@H](C)CP(=O)(OC[C@H]1O[C@@H]([n+]2cccc(C(N)=O)c2)C(O)[C@H]1O)Oc1ccccc1. The first-order valence-corrected chi connectivity index (χ1v) is 13.2. The van der Waals surface area contributed by atoms with Crippen LogP contribution in [0.2, 0.25) is 0 Å².